The molecule has 1 saturated heterocycles. The summed E-state index contributed by atoms with van der Waals surface area (Å²) in [5, 5.41) is 4.12. The molecular weight excluding hydrogens is 384 g/mol. The molecule has 1 amide bonds. The van der Waals surface area contributed by atoms with Gasteiger partial charge in [0.05, 0.1) is 29.3 Å². The third-order valence-electron chi connectivity index (χ3n) is 5.68. The fourth-order valence-corrected chi connectivity index (χ4v) is 5.00. The lowest BCUT2D eigenvalue weighted by Gasteiger charge is -2.35. The molecule has 7 heteroatoms. The number of hydrogen-bond donors (Lipinski definition) is 1. The SMILES string of the molecule is Cc1cc(-c2sc(N3C[C@@H](C)O[C@@H](C)C3)nc2CNC(=O)C2(C)CC2)cc(C)n1. The van der Waals surface area contributed by atoms with E-state index in [0.717, 1.165) is 58.6 Å². The van der Waals surface area contributed by atoms with E-state index in [1.54, 1.807) is 11.3 Å². The van der Waals surface area contributed by atoms with Crippen LogP contribution in [0.15, 0.2) is 12.1 Å². The number of pyridine rings is 1. The minimum absolute atomic E-state index is 0.133. The van der Waals surface area contributed by atoms with Gasteiger partial charge in [-0.15, -0.1) is 0 Å². The Labute approximate surface area is 176 Å². The summed E-state index contributed by atoms with van der Waals surface area (Å²) in [6, 6.07) is 4.20. The van der Waals surface area contributed by atoms with E-state index in [-0.39, 0.29) is 23.5 Å². The Hall–Kier alpha value is -1.99. The van der Waals surface area contributed by atoms with Crippen LogP contribution in [0.1, 0.15) is 50.7 Å². The molecule has 2 aromatic rings. The fraction of sp³-hybridized carbons (Fsp3) is 0.591. The zero-order valence-electron chi connectivity index (χ0n) is 17.9. The van der Waals surface area contributed by atoms with Gasteiger partial charge in [-0.1, -0.05) is 18.3 Å². The molecule has 4 rings (SSSR count). The van der Waals surface area contributed by atoms with Crippen molar-refractivity contribution in [2.45, 2.75) is 66.2 Å². The predicted molar refractivity (Wildman–Crippen MR) is 116 cm³/mol. The van der Waals surface area contributed by atoms with Crippen molar-refractivity contribution in [1.82, 2.24) is 15.3 Å². The summed E-state index contributed by atoms with van der Waals surface area (Å²) >= 11 is 1.70. The van der Waals surface area contributed by atoms with Gasteiger partial charge in [0.25, 0.3) is 0 Å². The van der Waals surface area contributed by atoms with Crippen molar-refractivity contribution in [3.05, 3.63) is 29.2 Å². The molecule has 0 radical (unpaired) electrons. The standard InChI is InChI=1S/C22H30N4O2S/c1-13-8-17(9-14(2)24-13)19-18(10-23-20(27)22(5)6-7-22)25-21(29-19)26-11-15(3)28-16(4)12-26/h8-9,15-16H,6-7,10-12H2,1-5H3,(H,23,27)/t15-,16+. The van der Waals surface area contributed by atoms with E-state index in [0.29, 0.717) is 6.54 Å². The van der Waals surface area contributed by atoms with Gasteiger partial charge in [0.15, 0.2) is 5.13 Å². The van der Waals surface area contributed by atoms with Crippen LogP contribution in [0.4, 0.5) is 5.13 Å². The monoisotopic (exact) mass is 414 g/mol. The molecule has 1 aliphatic carbocycles. The molecule has 1 aliphatic heterocycles. The summed E-state index contributed by atoms with van der Waals surface area (Å²) in [6.45, 7) is 12.4. The second-order valence-electron chi connectivity index (χ2n) is 8.82. The van der Waals surface area contributed by atoms with Crippen LogP contribution in [0.3, 0.4) is 0 Å². The van der Waals surface area contributed by atoms with Gasteiger partial charge in [0.2, 0.25) is 5.91 Å². The van der Waals surface area contributed by atoms with Crippen molar-refractivity contribution < 1.29 is 9.53 Å². The Bertz CT molecular complexity index is 891. The molecule has 2 aliphatic rings. The van der Waals surface area contributed by atoms with Gasteiger partial charge in [0, 0.05) is 29.9 Å². The normalized spacial score (nSPS) is 23.1. The predicted octanol–water partition coefficient (Wildman–Crippen LogP) is 3.85. The van der Waals surface area contributed by atoms with Crippen LogP contribution < -0.4 is 10.2 Å². The van der Waals surface area contributed by atoms with E-state index in [1.807, 2.05) is 20.8 Å². The molecule has 29 heavy (non-hydrogen) atoms. The lowest BCUT2D eigenvalue weighted by atomic mass is 10.1. The fourth-order valence-electron chi connectivity index (χ4n) is 3.91. The Balaban J connectivity index is 1.65. The molecule has 2 atom stereocenters. The van der Waals surface area contributed by atoms with Crippen molar-refractivity contribution in [2.24, 2.45) is 5.41 Å². The lowest BCUT2D eigenvalue weighted by molar-refractivity contribution is -0.125. The average Bonchev–Trinajstić information content (AvgIpc) is 3.24. The molecule has 0 unspecified atom stereocenters. The maximum Gasteiger partial charge on any atom is 0.226 e. The summed E-state index contributed by atoms with van der Waals surface area (Å²) in [5.74, 6) is 0.133. The Kier molecular flexibility index (Phi) is 5.38. The van der Waals surface area contributed by atoms with Crippen LogP contribution in [0.25, 0.3) is 10.4 Å². The summed E-state index contributed by atoms with van der Waals surface area (Å²) in [6.07, 6.45) is 2.30. The van der Waals surface area contributed by atoms with Crippen molar-refractivity contribution in [2.75, 3.05) is 18.0 Å². The van der Waals surface area contributed by atoms with Crippen molar-refractivity contribution in [3.8, 4) is 10.4 Å². The van der Waals surface area contributed by atoms with Gasteiger partial charge in [-0.25, -0.2) is 4.98 Å². The number of ether oxygens (including phenoxy) is 1. The molecule has 6 nitrogen and oxygen atoms in total. The smallest absolute Gasteiger partial charge is 0.226 e. The van der Waals surface area contributed by atoms with Crippen LogP contribution >= 0.6 is 11.3 Å². The summed E-state index contributed by atoms with van der Waals surface area (Å²) < 4.78 is 5.88. The number of aryl methyl sites for hydroxylation is 2. The second-order valence-corrected chi connectivity index (χ2v) is 9.79. The number of nitrogens with one attached hydrogen (secondary N) is 1. The van der Waals surface area contributed by atoms with E-state index in [9.17, 15) is 4.79 Å². The highest BCUT2D eigenvalue weighted by molar-refractivity contribution is 7.19. The molecule has 156 valence electrons. The van der Waals surface area contributed by atoms with Crippen molar-refractivity contribution in [3.63, 3.8) is 0 Å². The molecule has 0 aromatic carbocycles. The van der Waals surface area contributed by atoms with Crippen LogP contribution in [0.2, 0.25) is 0 Å². The quantitative estimate of drug-likeness (QED) is 0.805. The molecule has 1 saturated carbocycles. The Morgan fingerprint density at radius 2 is 1.83 bits per heavy atom. The first-order valence-electron chi connectivity index (χ1n) is 10.4. The van der Waals surface area contributed by atoms with Crippen LogP contribution in [0, 0.1) is 19.3 Å². The maximum atomic E-state index is 12.5. The topological polar surface area (TPSA) is 67.3 Å². The number of carbonyl (C=O) groups is 1. The van der Waals surface area contributed by atoms with Crippen molar-refractivity contribution >= 4 is 22.4 Å². The number of carbonyl (C=O) groups excluding carboxylic acids is 1. The molecule has 0 spiro atoms. The van der Waals surface area contributed by atoms with Crippen molar-refractivity contribution in [1.29, 1.82) is 0 Å². The van der Waals surface area contributed by atoms with Gasteiger partial charge in [0.1, 0.15) is 0 Å². The van der Waals surface area contributed by atoms with E-state index in [1.165, 1.54) is 0 Å². The third kappa shape index (κ3) is 4.46. The van der Waals surface area contributed by atoms with Gasteiger partial charge in [-0.2, -0.15) is 0 Å². The van der Waals surface area contributed by atoms with Gasteiger partial charge >= 0.3 is 0 Å². The van der Waals surface area contributed by atoms with Gasteiger partial charge in [-0.05, 0) is 58.2 Å². The van der Waals surface area contributed by atoms with E-state index >= 15 is 0 Å². The number of rotatable bonds is 5. The average molecular weight is 415 g/mol. The largest absolute Gasteiger partial charge is 0.372 e. The number of anilines is 1. The first-order valence-corrected chi connectivity index (χ1v) is 11.2. The Morgan fingerprint density at radius 3 is 2.41 bits per heavy atom. The summed E-state index contributed by atoms with van der Waals surface area (Å²) in [7, 11) is 0. The minimum Gasteiger partial charge on any atom is -0.372 e. The number of aromatic nitrogens is 2. The summed E-state index contributed by atoms with van der Waals surface area (Å²) in [4.78, 5) is 25.4. The van der Waals surface area contributed by atoms with E-state index < -0.39 is 0 Å². The number of nitrogens with zero attached hydrogens (tertiary/aromatic N) is 3. The van der Waals surface area contributed by atoms with Crippen LogP contribution in [0.5, 0.6) is 0 Å². The number of amides is 1. The number of morpholine rings is 1. The molecule has 1 N–H and O–H groups in total. The molecule has 0 bridgehead atoms. The lowest BCUT2D eigenvalue weighted by Crippen LogP contribution is -2.45. The maximum absolute atomic E-state index is 12.5. The molecular formula is C22H30N4O2S. The van der Waals surface area contributed by atoms with E-state index in [2.05, 4.69) is 41.2 Å². The van der Waals surface area contributed by atoms with Gasteiger partial charge in [-0.3, -0.25) is 9.78 Å². The van der Waals surface area contributed by atoms with E-state index in [4.69, 9.17) is 9.72 Å². The minimum atomic E-state index is -0.183. The first-order chi connectivity index (χ1) is 13.7. The molecule has 2 aromatic heterocycles. The zero-order valence-corrected chi connectivity index (χ0v) is 18.7. The van der Waals surface area contributed by atoms with Crippen LogP contribution in [-0.4, -0.2) is 41.2 Å². The Morgan fingerprint density at radius 1 is 1.21 bits per heavy atom. The summed E-state index contributed by atoms with van der Waals surface area (Å²) in [5.41, 5.74) is 3.85. The van der Waals surface area contributed by atoms with Gasteiger partial charge < -0.3 is 15.0 Å². The first kappa shape index (κ1) is 20.3. The second kappa shape index (κ2) is 7.69. The highest BCUT2D eigenvalue weighted by Crippen LogP contribution is 2.45. The highest BCUT2D eigenvalue weighted by Gasteiger charge is 2.44. The number of thiazole rings is 1. The molecule has 3 heterocycles. The van der Waals surface area contributed by atoms with Crippen LogP contribution in [-0.2, 0) is 16.1 Å². The number of hydrogen-bond acceptors (Lipinski definition) is 6. The molecule has 2 fully saturated rings. The third-order valence-corrected chi connectivity index (χ3v) is 6.89. The highest BCUT2D eigenvalue weighted by atomic mass is 32.1. The zero-order chi connectivity index (χ0) is 20.8.